The molecule has 1 aromatic heterocycles. The summed E-state index contributed by atoms with van der Waals surface area (Å²) in [7, 11) is 1.62. The molecule has 3 N–H and O–H groups in total. The van der Waals surface area contributed by atoms with Crippen molar-refractivity contribution in [1.82, 2.24) is 9.55 Å². The molecule has 0 fully saturated rings. The SMILES string of the molecule is CCOc1cc([C@H]2N=C(N)Nc3nc4ccccc4n32)ccc1OC. The predicted octanol–water partition coefficient (Wildman–Crippen LogP) is 2.73. The van der Waals surface area contributed by atoms with Crippen molar-refractivity contribution in [3.63, 3.8) is 0 Å². The Balaban J connectivity index is 1.88. The summed E-state index contributed by atoms with van der Waals surface area (Å²) in [6.07, 6.45) is -0.325. The highest BCUT2D eigenvalue weighted by atomic mass is 16.5. The average molecular weight is 337 g/mol. The van der Waals surface area contributed by atoms with E-state index in [1.54, 1.807) is 7.11 Å². The molecule has 128 valence electrons. The van der Waals surface area contributed by atoms with Crippen molar-refractivity contribution in [3.8, 4) is 11.5 Å². The van der Waals surface area contributed by atoms with Gasteiger partial charge in [0.1, 0.15) is 0 Å². The van der Waals surface area contributed by atoms with E-state index >= 15 is 0 Å². The number of para-hydroxylation sites is 2. The summed E-state index contributed by atoms with van der Waals surface area (Å²) in [5.74, 6) is 2.38. The predicted molar refractivity (Wildman–Crippen MR) is 97.3 cm³/mol. The minimum atomic E-state index is -0.325. The maximum atomic E-state index is 5.98. The number of nitrogens with one attached hydrogen (secondary N) is 1. The van der Waals surface area contributed by atoms with Gasteiger partial charge in [0, 0.05) is 5.56 Å². The smallest absolute Gasteiger partial charge is 0.212 e. The lowest BCUT2D eigenvalue weighted by Crippen LogP contribution is -2.31. The summed E-state index contributed by atoms with van der Waals surface area (Å²) in [5, 5.41) is 3.04. The van der Waals surface area contributed by atoms with E-state index < -0.39 is 0 Å². The molecule has 7 heteroatoms. The second-order valence-electron chi connectivity index (χ2n) is 5.65. The average Bonchev–Trinajstić information content (AvgIpc) is 2.99. The zero-order valence-corrected chi connectivity index (χ0v) is 14.1. The highest BCUT2D eigenvalue weighted by Crippen LogP contribution is 2.36. The Hall–Kier alpha value is -3.22. The van der Waals surface area contributed by atoms with Crippen molar-refractivity contribution < 1.29 is 9.47 Å². The number of fused-ring (bicyclic) bond motifs is 3. The van der Waals surface area contributed by atoms with E-state index in [4.69, 9.17) is 15.2 Å². The number of benzene rings is 2. The standard InChI is InChI=1S/C18H19N5O2/c1-3-25-15-10-11(8-9-14(15)24-2)16-21-17(19)22-18-20-12-6-4-5-7-13(12)23(16)18/h4-10,16H,3H2,1-2H3,(H3,19,20,21,22)/t16-/m0/s1. The second-order valence-corrected chi connectivity index (χ2v) is 5.65. The first kappa shape index (κ1) is 15.3. The molecule has 1 atom stereocenters. The number of imidazole rings is 1. The van der Waals surface area contributed by atoms with Crippen LogP contribution in [-0.2, 0) is 0 Å². The second kappa shape index (κ2) is 6.01. The summed E-state index contributed by atoms with van der Waals surface area (Å²) in [6.45, 7) is 2.49. The molecule has 0 amide bonds. The van der Waals surface area contributed by atoms with Crippen LogP contribution in [-0.4, -0.2) is 29.2 Å². The zero-order valence-electron chi connectivity index (χ0n) is 14.1. The van der Waals surface area contributed by atoms with E-state index in [0.717, 1.165) is 16.6 Å². The van der Waals surface area contributed by atoms with Crippen LogP contribution in [0.4, 0.5) is 5.95 Å². The monoisotopic (exact) mass is 337 g/mol. The van der Waals surface area contributed by atoms with Gasteiger partial charge in [-0.2, -0.15) is 0 Å². The maximum Gasteiger partial charge on any atom is 0.212 e. The minimum absolute atomic E-state index is 0.325. The van der Waals surface area contributed by atoms with Crippen LogP contribution in [0.2, 0.25) is 0 Å². The third-order valence-electron chi connectivity index (χ3n) is 4.13. The number of aliphatic imine (C=N–C) groups is 1. The molecule has 0 radical (unpaired) electrons. The van der Waals surface area contributed by atoms with Crippen LogP contribution in [0.5, 0.6) is 11.5 Å². The van der Waals surface area contributed by atoms with Gasteiger partial charge in [-0.1, -0.05) is 18.2 Å². The lowest BCUT2D eigenvalue weighted by atomic mass is 10.1. The summed E-state index contributed by atoms with van der Waals surface area (Å²) in [6, 6.07) is 13.7. The van der Waals surface area contributed by atoms with Crippen molar-refractivity contribution in [2.24, 2.45) is 10.7 Å². The summed E-state index contributed by atoms with van der Waals surface area (Å²) in [5.41, 5.74) is 8.80. The lowest BCUT2D eigenvalue weighted by molar-refractivity contribution is 0.310. The van der Waals surface area contributed by atoms with Gasteiger partial charge < -0.3 is 15.2 Å². The molecule has 1 aliphatic heterocycles. The first-order valence-electron chi connectivity index (χ1n) is 8.09. The van der Waals surface area contributed by atoms with Crippen LogP contribution < -0.4 is 20.5 Å². The van der Waals surface area contributed by atoms with Gasteiger partial charge in [0.05, 0.1) is 24.8 Å². The molecule has 25 heavy (non-hydrogen) atoms. The number of nitrogens with zero attached hydrogens (tertiary/aromatic N) is 3. The van der Waals surface area contributed by atoms with Crippen LogP contribution in [0.3, 0.4) is 0 Å². The fraction of sp³-hybridized carbons (Fsp3) is 0.222. The van der Waals surface area contributed by atoms with Crippen molar-refractivity contribution >= 4 is 22.9 Å². The molecule has 0 unspecified atom stereocenters. The highest BCUT2D eigenvalue weighted by molar-refractivity contribution is 5.94. The summed E-state index contributed by atoms with van der Waals surface area (Å²) in [4.78, 5) is 9.19. The number of ether oxygens (including phenoxy) is 2. The topological polar surface area (TPSA) is 86.7 Å². The molecule has 3 aromatic rings. The largest absolute Gasteiger partial charge is 0.493 e. The third-order valence-corrected chi connectivity index (χ3v) is 4.13. The van der Waals surface area contributed by atoms with Gasteiger partial charge in [0.25, 0.3) is 0 Å². The van der Waals surface area contributed by atoms with E-state index in [1.165, 1.54) is 0 Å². The number of rotatable bonds is 4. The van der Waals surface area contributed by atoms with Crippen molar-refractivity contribution in [2.75, 3.05) is 19.0 Å². The Morgan fingerprint density at radius 1 is 1.20 bits per heavy atom. The first-order valence-corrected chi connectivity index (χ1v) is 8.09. The summed E-state index contributed by atoms with van der Waals surface area (Å²) < 4.78 is 13.1. The highest BCUT2D eigenvalue weighted by Gasteiger charge is 2.25. The van der Waals surface area contributed by atoms with E-state index in [-0.39, 0.29) is 6.17 Å². The van der Waals surface area contributed by atoms with Crippen LogP contribution in [0.25, 0.3) is 11.0 Å². The maximum absolute atomic E-state index is 5.98. The van der Waals surface area contributed by atoms with Crippen LogP contribution >= 0.6 is 0 Å². The number of guanidine groups is 1. The Labute approximate surface area is 145 Å². The van der Waals surface area contributed by atoms with Gasteiger partial charge in [0.15, 0.2) is 23.6 Å². The molecule has 0 saturated carbocycles. The molecule has 2 heterocycles. The molecule has 0 aliphatic carbocycles. The Morgan fingerprint density at radius 2 is 2.04 bits per heavy atom. The fourth-order valence-electron chi connectivity index (χ4n) is 3.06. The van der Waals surface area contributed by atoms with Gasteiger partial charge in [0.2, 0.25) is 5.95 Å². The first-order chi connectivity index (χ1) is 12.2. The van der Waals surface area contributed by atoms with Crippen LogP contribution in [0.1, 0.15) is 18.7 Å². The van der Waals surface area contributed by atoms with E-state index in [9.17, 15) is 0 Å². The Bertz CT molecular complexity index is 963. The molecular formula is C18H19N5O2. The van der Waals surface area contributed by atoms with Gasteiger partial charge in [-0.3, -0.25) is 9.88 Å². The van der Waals surface area contributed by atoms with Gasteiger partial charge in [-0.15, -0.1) is 0 Å². The number of hydrogen-bond donors (Lipinski definition) is 2. The molecule has 0 spiro atoms. The third kappa shape index (κ3) is 2.53. The number of anilines is 1. The van der Waals surface area contributed by atoms with Crippen LogP contribution in [0, 0.1) is 0 Å². The molecule has 2 aromatic carbocycles. The van der Waals surface area contributed by atoms with Crippen LogP contribution in [0.15, 0.2) is 47.5 Å². The molecular weight excluding hydrogens is 318 g/mol. The summed E-state index contributed by atoms with van der Waals surface area (Å²) >= 11 is 0. The molecule has 4 rings (SSSR count). The Kier molecular flexibility index (Phi) is 3.68. The number of hydrogen-bond acceptors (Lipinski definition) is 6. The number of methoxy groups -OCH3 is 1. The normalized spacial score (nSPS) is 16.1. The van der Waals surface area contributed by atoms with E-state index in [0.29, 0.717) is 30.0 Å². The van der Waals surface area contributed by atoms with E-state index in [1.807, 2.05) is 54.0 Å². The lowest BCUT2D eigenvalue weighted by Gasteiger charge is -2.24. The minimum Gasteiger partial charge on any atom is -0.493 e. The molecule has 1 aliphatic rings. The Morgan fingerprint density at radius 3 is 2.84 bits per heavy atom. The van der Waals surface area contributed by atoms with Crippen molar-refractivity contribution in [3.05, 3.63) is 48.0 Å². The van der Waals surface area contributed by atoms with E-state index in [2.05, 4.69) is 15.3 Å². The van der Waals surface area contributed by atoms with Gasteiger partial charge in [-0.25, -0.2) is 9.98 Å². The zero-order chi connectivity index (χ0) is 17.4. The number of nitrogens with two attached hydrogens (primary N) is 1. The quantitative estimate of drug-likeness (QED) is 0.764. The van der Waals surface area contributed by atoms with Crippen molar-refractivity contribution in [2.45, 2.75) is 13.1 Å². The molecule has 0 bridgehead atoms. The fourth-order valence-corrected chi connectivity index (χ4v) is 3.06. The van der Waals surface area contributed by atoms with Gasteiger partial charge in [-0.05, 0) is 31.2 Å². The van der Waals surface area contributed by atoms with Gasteiger partial charge >= 0.3 is 0 Å². The molecule has 7 nitrogen and oxygen atoms in total. The molecule has 0 saturated heterocycles. The number of aromatic nitrogens is 2. The van der Waals surface area contributed by atoms with Crippen molar-refractivity contribution in [1.29, 1.82) is 0 Å².